The van der Waals surface area contributed by atoms with Crippen molar-refractivity contribution >= 4 is 0 Å². The Bertz CT molecular complexity index is 372. The number of likely N-dealkylation sites (tertiary alicyclic amines) is 1. The first-order chi connectivity index (χ1) is 8.33. The number of piperidine rings is 1. The fourth-order valence-electron chi connectivity index (χ4n) is 3.62. The van der Waals surface area contributed by atoms with Gasteiger partial charge in [-0.25, -0.2) is 0 Å². The minimum atomic E-state index is 0.808. The summed E-state index contributed by atoms with van der Waals surface area (Å²) in [5.41, 5.74) is 0.997. The predicted octanol–water partition coefficient (Wildman–Crippen LogP) is 3.14. The van der Waals surface area contributed by atoms with Gasteiger partial charge in [0, 0.05) is 12.1 Å². The van der Waals surface area contributed by atoms with Crippen LogP contribution in [0.3, 0.4) is 0 Å². The van der Waals surface area contributed by atoms with Gasteiger partial charge in [0.1, 0.15) is 0 Å². The van der Waals surface area contributed by atoms with Crippen LogP contribution in [0.5, 0.6) is 0 Å². The van der Waals surface area contributed by atoms with Crippen LogP contribution in [0.4, 0.5) is 0 Å². The molecule has 2 unspecified atom stereocenters. The molecule has 2 atom stereocenters. The first-order valence-corrected chi connectivity index (χ1v) is 6.99. The average Bonchev–Trinajstić information content (AvgIpc) is 2.75. The molecule has 0 spiro atoms. The summed E-state index contributed by atoms with van der Waals surface area (Å²) in [6.45, 7) is 4.19. The van der Waals surface area contributed by atoms with Crippen molar-refractivity contribution in [3.8, 4) is 0 Å². The summed E-state index contributed by atoms with van der Waals surface area (Å²) < 4.78 is 5.36. The van der Waals surface area contributed by atoms with E-state index in [1.165, 1.54) is 45.1 Å². The molecule has 2 aliphatic rings. The quantitative estimate of drug-likeness (QED) is 0.787. The highest BCUT2D eigenvalue weighted by Gasteiger charge is 2.33. The highest BCUT2D eigenvalue weighted by Crippen LogP contribution is 2.35. The first kappa shape index (κ1) is 11.3. The van der Waals surface area contributed by atoms with Crippen LogP contribution in [0.2, 0.25) is 0 Å². The van der Waals surface area contributed by atoms with Gasteiger partial charge in [-0.1, -0.05) is 18.0 Å². The van der Waals surface area contributed by atoms with Gasteiger partial charge in [0.15, 0.2) is 5.76 Å². The molecular formula is C14H22N2O. The molecular weight excluding hydrogens is 212 g/mol. The van der Waals surface area contributed by atoms with Crippen LogP contribution in [0.1, 0.15) is 50.0 Å². The van der Waals surface area contributed by atoms with Crippen LogP contribution in [0, 0.1) is 12.8 Å². The first-order valence-electron chi connectivity index (χ1n) is 6.99. The molecule has 94 valence electrons. The van der Waals surface area contributed by atoms with Gasteiger partial charge in [0.25, 0.3) is 0 Å². The Labute approximate surface area is 103 Å². The summed E-state index contributed by atoms with van der Waals surface area (Å²) >= 11 is 0. The maximum Gasteiger partial charge on any atom is 0.150 e. The van der Waals surface area contributed by atoms with Gasteiger partial charge in [0.05, 0.1) is 12.2 Å². The summed E-state index contributed by atoms with van der Waals surface area (Å²) in [4.78, 5) is 2.63. The molecule has 1 saturated carbocycles. The Hall–Kier alpha value is -0.830. The van der Waals surface area contributed by atoms with E-state index >= 15 is 0 Å². The van der Waals surface area contributed by atoms with Crippen LogP contribution in [0.25, 0.3) is 0 Å². The van der Waals surface area contributed by atoms with E-state index in [0.717, 1.165) is 30.0 Å². The van der Waals surface area contributed by atoms with Gasteiger partial charge in [0.2, 0.25) is 0 Å². The zero-order valence-electron chi connectivity index (χ0n) is 10.7. The lowest BCUT2D eigenvalue weighted by Crippen LogP contribution is -2.46. The van der Waals surface area contributed by atoms with E-state index in [2.05, 4.69) is 16.1 Å². The van der Waals surface area contributed by atoms with Crippen molar-refractivity contribution in [2.45, 2.75) is 58.0 Å². The van der Waals surface area contributed by atoms with E-state index in [0.29, 0.717) is 0 Å². The summed E-state index contributed by atoms with van der Waals surface area (Å²) in [5.74, 6) is 1.98. The van der Waals surface area contributed by atoms with Gasteiger partial charge in [-0.15, -0.1) is 0 Å². The van der Waals surface area contributed by atoms with E-state index < -0.39 is 0 Å². The monoisotopic (exact) mass is 234 g/mol. The van der Waals surface area contributed by atoms with Crippen LogP contribution in [-0.2, 0) is 6.54 Å². The Morgan fingerprint density at radius 1 is 1.29 bits per heavy atom. The molecule has 17 heavy (non-hydrogen) atoms. The minimum absolute atomic E-state index is 0.808. The molecule has 0 N–H and O–H groups in total. The number of fused-ring (bicyclic) bond motifs is 1. The molecule has 0 radical (unpaired) electrons. The fraction of sp³-hybridized carbons (Fsp3) is 0.786. The molecule has 2 heterocycles. The van der Waals surface area contributed by atoms with Crippen molar-refractivity contribution < 1.29 is 4.52 Å². The Kier molecular flexibility index (Phi) is 3.19. The second-order valence-electron chi connectivity index (χ2n) is 5.66. The summed E-state index contributed by atoms with van der Waals surface area (Å²) in [5, 5.41) is 3.98. The van der Waals surface area contributed by atoms with E-state index in [4.69, 9.17) is 4.52 Å². The SMILES string of the molecule is Cc1cc(CN2CCCC3CCCCC32)on1. The molecule has 3 nitrogen and oxygen atoms in total. The molecule has 1 aliphatic carbocycles. The van der Waals surface area contributed by atoms with E-state index in [1.54, 1.807) is 0 Å². The van der Waals surface area contributed by atoms with Gasteiger partial charge in [-0.3, -0.25) is 4.90 Å². The van der Waals surface area contributed by atoms with Crippen molar-refractivity contribution in [2.75, 3.05) is 6.54 Å². The summed E-state index contributed by atoms with van der Waals surface area (Å²) in [6, 6.07) is 2.88. The lowest BCUT2D eigenvalue weighted by molar-refractivity contribution is 0.0479. The normalized spacial score (nSPS) is 30.2. The second-order valence-corrected chi connectivity index (χ2v) is 5.66. The molecule has 0 aromatic carbocycles. The molecule has 1 aromatic rings. The highest BCUT2D eigenvalue weighted by molar-refractivity contribution is 5.03. The van der Waals surface area contributed by atoms with Crippen molar-refractivity contribution in [1.82, 2.24) is 10.1 Å². The highest BCUT2D eigenvalue weighted by atomic mass is 16.5. The topological polar surface area (TPSA) is 29.3 Å². The third kappa shape index (κ3) is 2.39. The largest absolute Gasteiger partial charge is 0.360 e. The van der Waals surface area contributed by atoms with Crippen LogP contribution in [-0.4, -0.2) is 22.6 Å². The Balaban J connectivity index is 1.68. The molecule has 1 saturated heterocycles. The number of aromatic nitrogens is 1. The molecule has 1 aliphatic heterocycles. The van der Waals surface area contributed by atoms with Gasteiger partial charge >= 0.3 is 0 Å². The number of nitrogens with zero attached hydrogens (tertiary/aromatic N) is 2. The third-order valence-corrected chi connectivity index (χ3v) is 4.39. The fourth-order valence-corrected chi connectivity index (χ4v) is 3.62. The number of rotatable bonds is 2. The standard InChI is InChI=1S/C14H22N2O/c1-11-9-13(17-15-11)10-16-8-4-6-12-5-2-3-7-14(12)16/h9,12,14H,2-8,10H2,1H3. The van der Waals surface area contributed by atoms with E-state index in [-0.39, 0.29) is 0 Å². The molecule has 3 rings (SSSR count). The van der Waals surface area contributed by atoms with Crippen LogP contribution < -0.4 is 0 Å². The number of aryl methyl sites for hydroxylation is 1. The maximum absolute atomic E-state index is 5.36. The minimum Gasteiger partial charge on any atom is -0.360 e. The Morgan fingerprint density at radius 2 is 2.12 bits per heavy atom. The van der Waals surface area contributed by atoms with Crippen molar-refractivity contribution in [3.63, 3.8) is 0 Å². The summed E-state index contributed by atoms with van der Waals surface area (Å²) in [6.07, 6.45) is 8.47. The predicted molar refractivity (Wildman–Crippen MR) is 66.6 cm³/mol. The van der Waals surface area contributed by atoms with Gasteiger partial charge < -0.3 is 4.52 Å². The molecule has 2 fully saturated rings. The molecule has 0 bridgehead atoms. The average molecular weight is 234 g/mol. The van der Waals surface area contributed by atoms with Crippen molar-refractivity contribution in [2.24, 2.45) is 5.92 Å². The van der Waals surface area contributed by atoms with Gasteiger partial charge in [-0.2, -0.15) is 0 Å². The summed E-state index contributed by atoms with van der Waals surface area (Å²) in [7, 11) is 0. The number of hydrogen-bond donors (Lipinski definition) is 0. The van der Waals surface area contributed by atoms with Crippen LogP contribution >= 0.6 is 0 Å². The molecule has 3 heteroatoms. The lowest BCUT2D eigenvalue weighted by atomic mass is 9.78. The zero-order chi connectivity index (χ0) is 11.7. The maximum atomic E-state index is 5.36. The smallest absolute Gasteiger partial charge is 0.150 e. The molecule has 0 amide bonds. The third-order valence-electron chi connectivity index (χ3n) is 4.39. The van der Waals surface area contributed by atoms with Gasteiger partial charge in [-0.05, 0) is 45.1 Å². The van der Waals surface area contributed by atoms with Crippen LogP contribution in [0.15, 0.2) is 10.6 Å². The lowest BCUT2D eigenvalue weighted by Gasteiger charge is -2.43. The second kappa shape index (κ2) is 4.81. The number of hydrogen-bond acceptors (Lipinski definition) is 3. The van der Waals surface area contributed by atoms with Crippen molar-refractivity contribution in [3.05, 3.63) is 17.5 Å². The Morgan fingerprint density at radius 3 is 2.94 bits per heavy atom. The van der Waals surface area contributed by atoms with E-state index in [1.807, 2.05) is 6.92 Å². The molecule has 1 aromatic heterocycles. The van der Waals surface area contributed by atoms with E-state index in [9.17, 15) is 0 Å². The van der Waals surface area contributed by atoms with Crippen molar-refractivity contribution in [1.29, 1.82) is 0 Å². The zero-order valence-corrected chi connectivity index (χ0v) is 10.7.